The standard InChI is InChI=1S/C19H19BrN2O2S/c1-2-3-8-24-18-7-6-16(20)11-14(18)10-15(12-21)19(23)22-13-17-5-4-9-25-17/h4-7,9-11H,2-3,8,13H2,1H3,(H,22,23). The van der Waals surface area contributed by atoms with Crippen molar-refractivity contribution in [2.45, 2.75) is 26.3 Å². The molecule has 1 amide bonds. The summed E-state index contributed by atoms with van der Waals surface area (Å²) < 4.78 is 6.63. The molecule has 2 aromatic rings. The molecule has 0 aliphatic heterocycles. The smallest absolute Gasteiger partial charge is 0.262 e. The summed E-state index contributed by atoms with van der Waals surface area (Å²) in [5, 5.41) is 14.1. The van der Waals surface area contributed by atoms with Gasteiger partial charge in [0, 0.05) is 14.9 Å². The second kappa shape index (κ2) is 10.0. The molecule has 0 aliphatic rings. The zero-order valence-electron chi connectivity index (χ0n) is 13.9. The zero-order valence-corrected chi connectivity index (χ0v) is 16.3. The van der Waals surface area contributed by atoms with E-state index in [9.17, 15) is 10.1 Å². The summed E-state index contributed by atoms with van der Waals surface area (Å²) in [6, 6.07) is 11.4. The van der Waals surface area contributed by atoms with Crippen LogP contribution in [0.15, 0.2) is 45.8 Å². The molecule has 1 N–H and O–H groups in total. The lowest BCUT2D eigenvalue weighted by Crippen LogP contribution is -2.23. The molecule has 0 fully saturated rings. The minimum absolute atomic E-state index is 0.0509. The van der Waals surface area contributed by atoms with Crippen molar-refractivity contribution in [1.29, 1.82) is 5.26 Å². The number of carbonyl (C=O) groups excluding carboxylic acids is 1. The molecule has 4 nitrogen and oxygen atoms in total. The van der Waals surface area contributed by atoms with E-state index in [0.29, 0.717) is 24.5 Å². The van der Waals surface area contributed by atoms with Crippen LogP contribution in [0, 0.1) is 11.3 Å². The summed E-state index contributed by atoms with van der Waals surface area (Å²) in [6.07, 6.45) is 3.55. The van der Waals surface area contributed by atoms with Crippen LogP contribution in [-0.2, 0) is 11.3 Å². The monoisotopic (exact) mass is 418 g/mol. The lowest BCUT2D eigenvalue weighted by atomic mass is 10.1. The second-order valence-electron chi connectivity index (χ2n) is 5.32. The Morgan fingerprint density at radius 3 is 2.96 bits per heavy atom. The highest BCUT2D eigenvalue weighted by molar-refractivity contribution is 9.10. The minimum Gasteiger partial charge on any atom is -0.493 e. The van der Waals surface area contributed by atoms with E-state index in [1.54, 1.807) is 17.4 Å². The SMILES string of the molecule is CCCCOc1ccc(Br)cc1C=C(C#N)C(=O)NCc1cccs1. The van der Waals surface area contributed by atoms with Gasteiger partial charge < -0.3 is 10.1 Å². The molecule has 0 saturated carbocycles. The van der Waals surface area contributed by atoms with Gasteiger partial charge in [0.15, 0.2) is 0 Å². The lowest BCUT2D eigenvalue weighted by Gasteiger charge is -2.10. The Balaban J connectivity index is 2.15. The summed E-state index contributed by atoms with van der Waals surface area (Å²) >= 11 is 4.98. The number of nitrogens with zero attached hydrogens (tertiary/aromatic N) is 1. The van der Waals surface area contributed by atoms with Gasteiger partial charge in [-0.1, -0.05) is 35.3 Å². The van der Waals surface area contributed by atoms with E-state index in [4.69, 9.17) is 4.74 Å². The Kier molecular flexibility index (Phi) is 7.71. The fourth-order valence-electron chi connectivity index (χ4n) is 2.07. The largest absolute Gasteiger partial charge is 0.493 e. The zero-order chi connectivity index (χ0) is 18.1. The first kappa shape index (κ1) is 19.2. The Bertz CT molecular complexity index is 779. The highest BCUT2D eigenvalue weighted by Gasteiger charge is 2.11. The molecule has 0 unspecified atom stereocenters. The van der Waals surface area contributed by atoms with Crippen LogP contribution in [-0.4, -0.2) is 12.5 Å². The van der Waals surface area contributed by atoms with Gasteiger partial charge in [0.2, 0.25) is 0 Å². The van der Waals surface area contributed by atoms with Gasteiger partial charge in [-0.2, -0.15) is 5.26 Å². The molecule has 1 aromatic heterocycles. The number of nitriles is 1. The number of thiophene rings is 1. The molecule has 0 radical (unpaired) electrons. The van der Waals surface area contributed by atoms with Gasteiger partial charge in [0.05, 0.1) is 13.2 Å². The summed E-state index contributed by atoms with van der Waals surface area (Å²) in [5.41, 5.74) is 0.753. The first-order valence-corrected chi connectivity index (χ1v) is 9.66. The van der Waals surface area contributed by atoms with Crippen LogP contribution in [0.4, 0.5) is 0 Å². The first-order valence-electron chi connectivity index (χ1n) is 7.98. The molecule has 0 aliphatic carbocycles. The van der Waals surface area contributed by atoms with E-state index in [1.807, 2.05) is 41.8 Å². The molecule has 0 bridgehead atoms. The van der Waals surface area contributed by atoms with E-state index in [-0.39, 0.29) is 5.57 Å². The van der Waals surface area contributed by atoms with Crippen molar-refractivity contribution in [2.75, 3.05) is 6.61 Å². The number of ether oxygens (including phenoxy) is 1. The third kappa shape index (κ3) is 6.04. The Labute approximate surface area is 160 Å². The number of nitrogens with one attached hydrogen (secondary N) is 1. The van der Waals surface area contributed by atoms with Gasteiger partial charge in [-0.3, -0.25) is 4.79 Å². The van der Waals surface area contributed by atoms with Crippen LogP contribution in [0.5, 0.6) is 5.75 Å². The molecule has 1 heterocycles. The third-order valence-corrected chi connectivity index (χ3v) is 4.77. The number of hydrogen-bond donors (Lipinski definition) is 1. The van der Waals surface area contributed by atoms with Crippen molar-refractivity contribution in [3.8, 4) is 11.8 Å². The highest BCUT2D eigenvalue weighted by Crippen LogP contribution is 2.26. The highest BCUT2D eigenvalue weighted by atomic mass is 79.9. The molecule has 2 rings (SSSR count). The maximum absolute atomic E-state index is 12.3. The predicted molar refractivity (Wildman–Crippen MR) is 104 cm³/mol. The van der Waals surface area contributed by atoms with Crippen LogP contribution in [0.3, 0.4) is 0 Å². The van der Waals surface area contributed by atoms with Crippen molar-refractivity contribution in [2.24, 2.45) is 0 Å². The number of hydrogen-bond acceptors (Lipinski definition) is 4. The van der Waals surface area contributed by atoms with Crippen molar-refractivity contribution in [3.05, 3.63) is 56.2 Å². The number of carbonyl (C=O) groups is 1. The number of halogens is 1. The molecule has 0 spiro atoms. The van der Waals surface area contributed by atoms with E-state index in [1.165, 1.54) is 0 Å². The van der Waals surface area contributed by atoms with Gasteiger partial charge in [-0.05, 0) is 42.1 Å². The molecule has 1 aromatic carbocycles. The van der Waals surface area contributed by atoms with Crippen LogP contribution in [0.1, 0.15) is 30.2 Å². The summed E-state index contributed by atoms with van der Waals surface area (Å²) in [7, 11) is 0. The number of benzene rings is 1. The molecular weight excluding hydrogens is 400 g/mol. The first-order chi connectivity index (χ1) is 12.1. The van der Waals surface area contributed by atoms with Gasteiger partial charge in [0.1, 0.15) is 17.4 Å². The van der Waals surface area contributed by atoms with Crippen molar-refractivity contribution < 1.29 is 9.53 Å². The van der Waals surface area contributed by atoms with Crippen LogP contribution in [0.25, 0.3) is 6.08 Å². The summed E-state index contributed by atoms with van der Waals surface area (Å²) in [6.45, 7) is 3.11. The Morgan fingerprint density at radius 1 is 1.44 bits per heavy atom. The molecule has 0 saturated heterocycles. The van der Waals surface area contributed by atoms with E-state index in [0.717, 1.165) is 22.2 Å². The minimum atomic E-state index is -0.393. The van der Waals surface area contributed by atoms with Gasteiger partial charge in [-0.15, -0.1) is 11.3 Å². The number of unbranched alkanes of at least 4 members (excludes halogenated alkanes) is 1. The fourth-order valence-corrected chi connectivity index (χ4v) is 3.09. The second-order valence-corrected chi connectivity index (χ2v) is 7.26. The topological polar surface area (TPSA) is 62.1 Å². The van der Waals surface area contributed by atoms with Crippen molar-refractivity contribution in [1.82, 2.24) is 5.32 Å². The maximum atomic E-state index is 12.3. The van der Waals surface area contributed by atoms with Gasteiger partial charge in [-0.25, -0.2) is 0 Å². The quantitative estimate of drug-likeness (QED) is 0.376. The molecule has 130 valence electrons. The fraction of sp³-hybridized carbons (Fsp3) is 0.263. The van der Waals surface area contributed by atoms with Crippen molar-refractivity contribution >= 4 is 39.2 Å². The molecule has 6 heteroatoms. The lowest BCUT2D eigenvalue weighted by molar-refractivity contribution is -0.117. The average Bonchev–Trinajstić information content (AvgIpc) is 3.13. The van der Waals surface area contributed by atoms with Gasteiger partial charge in [0.25, 0.3) is 5.91 Å². The summed E-state index contributed by atoms with van der Waals surface area (Å²) in [5.74, 6) is 0.269. The maximum Gasteiger partial charge on any atom is 0.262 e. The molecule has 0 atom stereocenters. The molecule has 25 heavy (non-hydrogen) atoms. The van der Waals surface area contributed by atoms with Gasteiger partial charge >= 0.3 is 0 Å². The number of amides is 1. The van der Waals surface area contributed by atoms with E-state index >= 15 is 0 Å². The van der Waals surface area contributed by atoms with Crippen LogP contribution < -0.4 is 10.1 Å². The number of rotatable bonds is 8. The normalized spacial score (nSPS) is 11.0. The van der Waals surface area contributed by atoms with E-state index in [2.05, 4.69) is 28.2 Å². The third-order valence-electron chi connectivity index (χ3n) is 3.40. The van der Waals surface area contributed by atoms with Crippen LogP contribution in [0.2, 0.25) is 0 Å². The Morgan fingerprint density at radius 2 is 2.28 bits per heavy atom. The van der Waals surface area contributed by atoms with E-state index < -0.39 is 5.91 Å². The average molecular weight is 419 g/mol. The Hall–Kier alpha value is -2.10. The summed E-state index contributed by atoms with van der Waals surface area (Å²) in [4.78, 5) is 13.3. The predicted octanol–water partition coefficient (Wildman–Crippen LogP) is 4.91. The van der Waals surface area contributed by atoms with Crippen molar-refractivity contribution in [3.63, 3.8) is 0 Å². The van der Waals surface area contributed by atoms with Crippen LogP contribution >= 0.6 is 27.3 Å². The molecular formula is C19H19BrN2O2S.